The number of ether oxygens (including phenoxy) is 1. The topological polar surface area (TPSA) is 95.5 Å². The van der Waals surface area contributed by atoms with Crippen LogP contribution in [0.25, 0.3) is 0 Å². The van der Waals surface area contributed by atoms with Crippen LogP contribution in [0.5, 0.6) is 5.75 Å². The predicted molar refractivity (Wildman–Crippen MR) is 72.4 cm³/mol. The lowest BCUT2D eigenvalue weighted by Gasteiger charge is -2.09. The Morgan fingerprint density at radius 3 is 2.50 bits per heavy atom. The molecular formula is C14H12N2O4. The van der Waals surface area contributed by atoms with Crippen molar-refractivity contribution in [2.24, 2.45) is 5.73 Å². The van der Waals surface area contributed by atoms with Crippen LogP contribution >= 0.6 is 0 Å². The average molecular weight is 272 g/mol. The molecular weight excluding hydrogens is 260 g/mol. The molecule has 0 atom stereocenters. The van der Waals surface area contributed by atoms with Crippen LogP contribution in [0, 0.1) is 10.1 Å². The van der Waals surface area contributed by atoms with Crippen LogP contribution in [0.15, 0.2) is 48.5 Å². The van der Waals surface area contributed by atoms with Crippen LogP contribution < -0.4 is 10.5 Å². The van der Waals surface area contributed by atoms with Gasteiger partial charge in [-0.3, -0.25) is 14.9 Å². The van der Waals surface area contributed by atoms with Crippen LogP contribution in [0.3, 0.4) is 0 Å². The summed E-state index contributed by atoms with van der Waals surface area (Å²) in [5.74, 6) is -0.304. The molecule has 0 fully saturated rings. The maximum atomic E-state index is 11.2. The zero-order valence-electron chi connectivity index (χ0n) is 10.5. The molecule has 6 nitrogen and oxygen atoms in total. The quantitative estimate of drug-likeness (QED) is 0.667. The molecule has 20 heavy (non-hydrogen) atoms. The van der Waals surface area contributed by atoms with Gasteiger partial charge in [0.1, 0.15) is 12.4 Å². The number of primary amides is 1. The monoisotopic (exact) mass is 272 g/mol. The molecule has 2 N–H and O–H groups in total. The minimum absolute atomic E-state index is 0.0125. The zero-order valence-corrected chi connectivity index (χ0v) is 10.5. The molecule has 0 aliphatic heterocycles. The number of amides is 1. The number of benzene rings is 2. The number of para-hydroxylation sites is 2. The summed E-state index contributed by atoms with van der Waals surface area (Å²) in [6.07, 6.45) is 0. The number of rotatable bonds is 5. The van der Waals surface area contributed by atoms with Gasteiger partial charge in [-0.2, -0.15) is 0 Å². The summed E-state index contributed by atoms with van der Waals surface area (Å²) in [6.45, 7) is -0.0125. The Balaban J connectivity index is 2.22. The molecule has 0 radical (unpaired) electrons. The number of carbonyl (C=O) groups is 1. The summed E-state index contributed by atoms with van der Waals surface area (Å²) in [5, 5.41) is 10.9. The van der Waals surface area contributed by atoms with Gasteiger partial charge in [-0.25, -0.2) is 0 Å². The van der Waals surface area contributed by atoms with Crippen molar-refractivity contribution in [3.63, 3.8) is 0 Å². The highest BCUT2D eigenvalue weighted by Crippen LogP contribution is 2.22. The molecule has 2 aromatic carbocycles. The summed E-state index contributed by atoms with van der Waals surface area (Å²) in [4.78, 5) is 21.7. The van der Waals surface area contributed by atoms with Gasteiger partial charge in [0, 0.05) is 6.07 Å². The molecule has 0 saturated carbocycles. The fourth-order valence-electron chi connectivity index (χ4n) is 1.76. The lowest BCUT2D eigenvalue weighted by Crippen LogP contribution is -2.13. The van der Waals surface area contributed by atoms with E-state index < -0.39 is 10.8 Å². The molecule has 0 spiro atoms. The van der Waals surface area contributed by atoms with Gasteiger partial charge in [-0.05, 0) is 18.2 Å². The molecule has 0 saturated heterocycles. The predicted octanol–water partition coefficient (Wildman–Crippen LogP) is 2.27. The van der Waals surface area contributed by atoms with E-state index in [4.69, 9.17) is 10.5 Å². The highest BCUT2D eigenvalue weighted by atomic mass is 16.6. The van der Waals surface area contributed by atoms with Crippen LogP contribution in [0.2, 0.25) is 0 Å². The molecule has 0 aromatic heterocycles. The maximum Gasteiger partial charge on any atom is 0.276 e. The van der Waals surface area contributed by atoms with E-state index in [9.17, 15) is 14.9 Å². The lowest BCUT2D eigenvalue weighted by molar-refractivity contribution is -0.385. The van der Waals surface area contributed by atoms with Crippen molar-refractivity contribution in [2.45, 2.75) is 6.61 Å². The fourth-order valence-corrected chi connectivity index (χ4v) is 1.76. The van der Waals surface area contributed by atoms with Crippen molar-refractivity contribution >= 4 is 11.6 Å². The number of nitrogens with zero attached hydrogens (tertiary/aromatic N) is 1. The highest BCUT2D eigenvalue weighted by Gasteiger charge is 2.14. The Labute approximate surface area is 114 Å². The molecule has 0 bridgehead atoms. The first-order valence-electron chi connectivity index (χ1n) is 5.83. The number of nitro benzene ring substituents is 1. The van der Waals surface area contributed by atoms with Gasteiger partial charge in [0.25, 0.3) is 11.6 Å². The van der Waals surface area contributed by atoms with Gasteiger partial charge in [-0.1, -0.05) is 24.3 Å². The summed E-state index contributed by atoms with van der Waals surface area (Å²) < 4.78 is 5.47. The minimum atomic E-state index is -0.608. The number of carbonyl (C=O) groups excluding carboxylic acids is 1. The van der Waals surface area contributed by atoms with Crippen molar-refractivity contribution in [1.82, 2.24) is 0 Å². The maximum absolute atomic E-state index is 11.2. The molecule has 0 aliphatic carbocycles. The molecule has 1 amide bonds. The Bertz CT molecular complexity index is 598. The van der Waals surface area contributed by atoms with Gasteiger partial charge in [0.05, 0.1) is 16.1 Å². The summed E-state index contributed by atoms with van der Waals surface area (Å²) in [5.41, 5.74) is 5.88. The second kappa shape index (κ2) is 5.83. The molecule has 2 rings (SSSR count). The van der Waals surface area contributed by atoms with Crippen LogP contribution in [0.1, 0.15) is 15.9 Å². The van der Waals surface area contributed by atoms with Gasteiger partial charge >= 0.3 is 0 Å². The summed E-state index contributed by atoms with van der Waals surface area (Å²) >= 11 is 0. The van der Waals surface area contributed by atoms with E-state index in [0.717, 1.165) is 0 Å². The molecule has 0 heterocycles. The van der Waals surface area contributed by atoms with E-state index in [1.165, 1.54) is 12.1 Å². The third kappa shape index (κ3) is 2.92. The third-order valence-electron chi connectivity index (χ3n) is 2.72. The van der Waals surface area contributed by atoms with Crippen molar-refractivity contribution in [1.29, 1.82) is 0 Å². The second-order valence-corrected chi connectivity index (χ2v) is 4.03. The first-order chi connectivity index (χ1) is 9.59. The number of nitrogens with two attached hydrogens (primary N) is 1. The van der Waals surface area contributed by atoms with E-state index in [-0.39, 0.29) is 17.9 Å². The van der Waals surface area contributed by atoms with Crippen LogP contribution in [-0.2, 0) is 6.61 Å². The average Bonchev–Trinajstić information content (AvgIpc) is 2.45. The van der Waals surface area contributed by atoms with Gasteiger partial charge in [0.2, 0.25) is 0 Å². The van der Waals surface area contributed by atoms with E-state index >= 15 is 0 Å². The number of hydrogen-bond donors (Lipinski definition) is 1. The Morgan fingerprint density at radius 2 is 1.80 bits per heavy atom. The summed E-state index contributed by atoms with van der Waals surface area (Å²) in [7, 11) is 0. The van der Waals surface area contributed by atoms with Crippen molar-refractivity contribution in [3.05, 3.63) is 69.8 Å². The Kier molecular flexibility index (Phi) is 3.95. The summed E-state index contributed by atoms with van der Waals surface area (Å²) in [6, 6.07) is 12.8. The van der Waals surface area contributed by atoms with Crippen molar-refractivity contribution < 1.29 is 14.5 Å². The SMILES string of the molecule is NC(=O)c1ccccc1OCc1ccccc1[N+](=O)[O-]. The molecule has 6 heteroatoms. The largest absolute Gasteiger partial charge is 0.488 e. The van der Waals surface area contributed by atoms with Crippen molar-refractivity contribution in [3.8, 4) is 5.75 Å². The second-order valence-electron chi connectivity index (χ2n) is 4.03. The van der Waals surface area contributed by atoms with E-state index in [2.05, 4.69) is 0 Å². The zero-order chi connectivity index (χ0) is 14.5. The Morgan fingerprint density at radius 1 is 1.15 bits per heavy atom. The number of nitro groups is 1. The first-order valence-corrected chi connectivity index (χ1v) is 5.83. The first kappa shape index (κ1) is 13.5. The van der Waals surface area contributed by atoms with Crippen LogP contribution in [-0.4, -0.2) is 10.8 Å². The minimum Gasteiger partial charge on any atom is -0.488 e. The molecule has 2 aromatic rings. The van der Waals surface area contributed by atoms with Gasteiger partial charge in [0.15, 0.2) is 0 Å². The van der Waals surface area contributed by atoms with Crippen LogP contribution in [0.4, 0.5) is 5.69 Å². The molecule has 0 unspecified atom stereocenters. The highest BCUT2D eigenvalue weighted by molar-refractivity contribution is 5.95. The molecule has 102 valence electrons. The van der Waals surface area contributed by atoms with Crippen molar-refractivity contribution in [2.75, 3.05) is 0 Å². The van der Waals surface area contributed by atoms with Gasteiger partial charge < -0.3 is 10.5 Å². The number of hydrogen-bond acceptors (Lipinski definition) is 4. The Hall–Kier alpha value is -2.89. The van der Waals surface area contributed by atoms with E-state index in [0.29, 0.717) is 11.3 Å². The van der Waals surface area contributed by atoms with E-state index in [1.54, 1.807) is 36.4 Å². The molecule has 0 aliphatic rings. The lowest BCUT2D eigenvalue weighted by atomic mass is 10.2. The standard InChI is InChI=1S/C14H12N2O4/c15-14(17)11-6-2-4-8-13(11)20-9-10-5-1-3-7-12(10)16(18)19/h1-8H,9H2,(H2,15,17). The smallest absolute Gasteiger partial charge is 0.276 e. The van der Waals surface area contributed by atoms with Gasteiger partial charge in [-0.15, -0.1) is 0 Å². The fraction of sp³-hybridized carbons (Fsp3) is 0.0714. The van der Waals surface area contributed by atoms with E-state index in [1.807, 2.05) is 0 Å². The third-order valence-corrected chi connectivity index (χ3v) is 2.72. The normalized spacial score (nSPS) is 10.0.